The fourth-order valence-corrected chi connectivity index (χ4v) is 0.639. The van der Waals surface area contributed by atoms with Gasteiger partial charge in [0.1, 0.15) is 0 Å². The van der Waals surface area contributed by atoms with Gasteiger partial charge in [0, 0.05) is 12.8 Å². The smallest absolute Gasteiger partial charge is 0.293 e. The van der Waals surface area contributed by atoms with Crippen molar-refractivity contribution in [3.63, 3.8) is 0 Å². The zero-order chi connectivity index (χ0) is 10.5. The third-order valence-electron chi connectivity index (χ3n) is 1.37. The van der Waals surface area contributed by atoms with E-state index in [0.717, 1.165) is 0 Å². The van der Waals surface area contributed by atoms with E-state index >= 15 is 0 Å². The van der Waals surface area contributed by atoms with Crippen LogP contribution in [0, 0.1) is 12.3 Å². The largest absolute Gasteiger partial charge is 0.364 e. The van der Waals surface area contributed by atoms with Gasteiger partial charge in [-0.3, -0.25) is 4.79 Å². The molecular weight excluding hydrogens is 188 g/mol. The molecule has 0 bridgehead atoms. The van der Waals surface area contributed by atoms with Gasteiger partial charge in [-0.15, -0.1) is 12.3 Å². The van der Waals surface area contributed by atoms with Gasteiger partial charge in [-0.1, -0.05) is 0 Å². The monoisotopic (exact) mass is 196 g/mol. The minimum Gasteiger partial charge on any atom is -0.293 e. The highest BCUT2D eigenvalue weighted by atomic mass is 19.3. The number of Topliss-reactive ketones (excluding diaryl/α,β-unsaturated/α-hetero) is 1. The molecule has 0 N–H and O–H groups in total. The van der Waals surface area contributed by atoms with Crippen LogP contribution in [0.5, 0.6) is 0 Å². The van der Waals surface area contributed by atoms with Crippen molar-refractivity contribution in [2.45, 2.75) is 31.6 Å². The topological polar surface area (TPSA) is 17.1 Å². The van der Waals surface area contributed by atoms with Gasteiger partial charge in [0.2, 0.25) is 5.78 Å². The average Bonchev–Trinajstić information content (AvgIpc) is 2.04. The first kappa shape index (κ1) is 11.9. The minimum atomic E-state index is -4.53. The Kier molecular flexibility index (Phi) is 4.46. The van der Waals surface area contributed by atoms with Crippen molar-refractivity contribution in [2.75, 3.05) is 0 Å². The summed E-state index contributed by atoms with van der Waals surface area (Å²) in [6, 6.07) is 0. The second-order valence-corrected chi connectivity index (χ2v) is 2.40. The van der Waals surface area contributed by atoms with Crippen molar-refractivity contribution >= 4 is 5.78 Å². The molecule has 13 heavy (non-hydrogen) atoms. The van der Waals surface area contributed by atoms with Crippen LogP contribution in [0.4, 0.5) is 17.6 Å². The number of hydrogen-bond donors (Lipinski definition) is 0. The summed E-state index contributed by atoms with van der Waals surface area (Å²) in [7, 11) is 0. The Balaban J connectivity index is 4.04. The van der Waals surface area contributed by atoms with E-state index in [1.54, 1.807) is 0 Å². The molecule has 0 aromatic carbocycles. The summed E-state index contributed by atoms with van der Waals surface area (Å²) >= 11 is 0. The minimum absolute atomic E-state index is 0.0116. The van der Waals surface area contributed by atoms with Crippen LogP contribution in [0.3, 0.4) is 0 Å². The molecule has 0 aromatic rings. The predicted molar refractivity (Wildman–Crippen MR) is 38.6 cm³/mol. The summed E-state index contributed by atoms with van der Waals surface area (Å²) in [4.78, 5) is 10.5. The third-order valence-corrected chi connectivity index (χ3v) is 1.37. The molecule has 0 rings (SSSR count). The quantitative estimate of drug-likeness (QED) is 0.374. The number of carbonyl (C=O) groups excluding carboxylic acids is 1. The highest BCUT2D eigenvalue weighted by Crippen LogP contribution is 2.25. The van der Waals surface area contributed by atoms with Gasteiger partial charge in [0.25, 0.3) is 0 Å². The average molecular weight is 196 g/mol. The number of alkyl halides is 4. The summed E-state index contributed by atoms with van der Waals surface area (Å²) in [5, 5.41) is 0. The summed E-state index contributed by atoms with van der Waals surface area (Å²) in [6.45, 7) is 0. The zero-order valence-corrected chi connectivity index (χ0v) is 6.70. The normalized spacial score (nSPS) is 11.4. The molecule has 0 amide bonds. The van der Waals surface area contributed by atoms with Crippen LogP contribution in [-0.4, -0.2) is 18.1 Å². The molecule has 74 valence electrons. The van der Waals surface area contributed by atoms with Crippen molar-refractivity contribution in [2.24, 2.45) is 0 Å². The van der Waals surface area contributed by atoms with E-state index in [1.807, 2.05) is 0 Å². The maximum absolute atomic E-state index is 12.2. The number of unbranched alkanes of at least 4 members (excludes halogenated alkanes) is 1. The van der Waals surface area contributed by atoms with E-state index in [-0.39, 0.29) is 12.8 Å². The van der Waals surface area contributed by atoms with Crippen molar-refractivity contribution < 1.29 is 22.4 Å². The number of halogens is 4. The molecule has 0 aliphatic rings. The molecule has 0 atom stereocenters. The van der Waals surface area contributed by atoms with E-state index in [2.05, 4.69) is 5.92 Å². The van der Waals surface area contributed by atoms with Crippen LogP contribution in [-0.2, 0) is 4.79 Å². The van der Waals surface area contributed by atoms with Gasteiger partial charge in [-0.25, -0.2) is 8.78 Å². The lowest BCUT2D eigenvalue weighted by molar-refractivity contribution is -0.167. The Bertz CT molecular complexity index is 217. The van der Waals surface area contributed by atoms with E-state index in [4.69, 9.17) is 6.42 Å². The van der Waals surface area contributed by atoms with Crippen molar-refractivity contribution in [1.29, 1.82) is 0 Å². The Labute approximate surface area is 73.1 Å². The zero-order valence-electron chi connectivity index (χ0n) is 6.70. The highest BCUT2D eigenvalue weighted by Gasteiger charge is 2.47. The SMILES string of the molecule is C#CCCCC(=O)C(F)(F)C(F)F. The molecule has 0 aromatic heterocycles. The number of rotatable bonds is 5. The predicted octanol–water partition coefficient (Wildman–Crippen LogP) is 2.26. The molecule has 0 unspecified atom stereocenters. The molecule has 0 aliphatic carbocycles. The van der Waals surface area contributed by atoms with Crippen LogP contribution >= 0.6 is 0 Å². The number of carbonyl (C=O) groups is 1. The van der Waals surface area contributed by atoms with Gasteiger partial charge in [0.15, 0.2) is 0 Å². The van der Waals surface area contributed by atoms with Crippen molar-refractivity contribution in [1.82, 2.24) is 0 Å². The summed E-state index contributed by atoms with van der Waals surface area (Å²) in [6.07, 6.45) is 0.380. The fraction of sp³-hybridized carbons (Fsp3) is 0.625. The van der Waals surface area contributed by atoms with Crippen molar-refractivity contribution in [3.05, 3.63) is 0 Å². The molecule has 0 spiro atoms. The first-order valence-electron chi connectivity index (χ1n) is 3.55. The van der Waals surface area contributed by atoms with Gasteiger partial charge in [-0.2, -0.15) is 8.78 Å². The van der Waals surface area contributed by atoms with Crippen LogP contribution < -0.4 is 0 Å². The van der Waals surface area contributed by atoms with E-state index in [1.165, 1.54) is 0 Å². The van der Waals surface area contributed by atoms with Gasteiger partial charge < -0.3 is 0 Å². The first-order valence-corrected chi connectivity index (χ1v) is 3.55. The Morgan fingerprint density at radius 1 is 1.46 bits per heavy atom. The molecule has 1 nitrogen and oxygen atoms in total. The van der Waals surface area contributed by atoms with Crippen LogP contribution in [0.25, 0.3) is 0 Å². The molecular formula is C8H8F4O. The number of terminal acetylenes is 1. The van der Waals surface area contributed by atoms with Crippen molar-refractivity contribution in [3.8, 4) is 12.3 Å². The fourth-order valence-electron chi connectivity index (χ4n) is 0.639. The lowest BCUT2D eigenvalue weighted by Crippen LogP contribution is -2.36. The molecule has 5 heteroatoms. The molecule has 0 aliphatic heterocycles. The van der Waals surface area contributed by atoms with Gasteiger partial charge in [0.05, 0.1) is 0 Å². The maximum atomic E-state index is 12.2. The molecule has 0 fully saturated rings. The lowest BCUT2D eigenvalue weighted by atomic mass is 10.1. The Morgan fingerprint density at radius 2 is 2.00 bits per heavy atom. The first-order chi connectivity index (χ1) is 5.92. The summed E-state index contributed by atoms with van der Waals surface area (Å²) < 4.78 is 47.6. The molecule has 0 heterocycles. The van der Waals surface area contributed by atoms with Crippen LogP contribution in [0.1, 0.15) is 19.3 Å². The van der Waals surface area contributed by atoms with E-state index in [9.17, 15) is 22.4 Å². The number of hydrogen-bond acceptors (Lipinski definition) is 1. The maximum Gasteiger partial charge on any atom is 0.364 e. The standard InChI is InChI=1S/C8H8F4O/c1-2-3-4-5-6(13)8(11,12)7(9)10/h1,7H,3-5H2. The van der Waals surface area contributed by atoms with E-state index < -0.39 is 24.6 Å². The Morgan fingerprint density at radius 3 is 2.38 bits per heavy atom. The third kappa shape index (κ3) is 3.45. The Hall–Kier alpha value is -1.05. The lowest BCUT2D eigenvalue weighted by Gasteiger charge is -2.12. The summed E-state index contributed by atoms with van der Waals surface area (Å²) in [5.41, 5.74) is 0. The molecule has 0 radical (unpaired) electrons. The highest BCUT2D eigenvalue weighted by molar-refractivity contribution is 5.86. The van der Waals surface area contributed by atoms with Crippen LogP contribution in [0.2, 0.25) is 0 Å². The second kappa shape index (κ2) is 4.85. The summed E-state index contributed by atoms with van der Waals surface area (Å²) in [5.74, 6) is -4.17. The molecule has 0 saturated heterocycles. The van der Waals surface area contributed by atoms with Crippen LogP contribution in [0.15, 0.2) is 0 Å². The van der Waals surface area contributed by atoms with Gasteiger partial charge in [-0.05, 0) is 6.42 Å². The van der Waals surface area contributed by atoms with E-state index in [0.29, 0.717) is 0 Å². The second-order valence-electron chi connectivity index (χ2n) is 2.40. The van der Waals surface area contributed by atoms with Gasteiger partial charge >= 0.3 is 12.3 Å². The number of ketones is 1. The molecule has 0 saturated carbocycles.